The third-order valence-corrected chi connectivity index (χ3v) is 7.74. The number of piperazine rings is 1. The summed E-state index contributed by atoms with van der Waals surface area (Å²) in [6, 6.07) is 12.5. The number of rotatable bonds is 5. The molecule has 1 N–H and O–H groups in total. The predicted octanol–water partition coefficient (Wildman–Crippen LogP) is 3.49. The number of likely N-dealkylation sites (tertiary alicyclic amines) is 1. The maximum absolute atomic E-state index is 13.8. The molecule has 1 atom stereocenters. The molecule has 2 aliphatic rings. The second-order valence-corrected chi connectivity index (χ2v) is 10.3. The van der Waals surface area contributed by atoms with E-state index in [0.717, 1.165) is 37.1 Å². The first-order valence-electron chi connectivity index (χ1n) is 12.6. The number of nitrogens with one attached hydrogen (secondary N) is 1. The Morgan fingerprint density at radius 2 is 1.81 bits per heavy atom. The van der Waals surface area contributed by atoms with E-state index in [1.54, 1.807) is 37.4 Å². The van der Waals surface area contributed by atoms with Gasteiger partial charge in [0.2, 0.25) is 5.91 Å². The molecule has 1 aromatic carbocycles. The Kier molecular flexibility index (Phi) is 7.27. The fraction of sp³-hybridized carbons (Fsp3) is 0.444. The summed E-state index contributed by atoms with van der Waals surface area (Å²) in [6.07, 6.45) is 4.00. The molecule has 2 amide bonds. The number of carbonyl (C=O) groups excluding carboxylic acids is 2. The molecule has 0 unspecified atom stereocenters. The van der Waals surface area contributed by atoms with E-state index >= 15 is 0 Å². The number of nitrogens with zero attached hydrogens (tertiary/aromatic N) is 5. The van der Waals surface area contributed by atoms with Crippen molar-refractivity contribution in [3.05, 3.63) is 59.4 Å². The fourth-order valence-electron chi connectivity index (χ4n) is 5.37. The Hall–Kier alpha value is -2.94. The van der Waals surface area contributed by atoms with Crippen LogP contribution in [0.3, 0.4) is 0 Å². The summed E-state index contributed by atoms with van der Waals surface area (Å²) >= 11 is 6.14. The molecular formula is C27H33ClN6O2. The van der Waals surface area contributed by atoms with Crippen LogP contribution in [0, 0.1) is 0 Å². The van der Waals surface area contributed by atoms with E-state index in [2.05, 4.69) is 26.8 Å². The number of hydrogen-bond acceptors (Lipinski definition) is 5. The molecule has 190 valence electrons. The molecular weight excluding hydrogens is 476 g/mol. The van der Waals surface area contributed by atoms with E-state index in [-0.39, 0.29) is 11.8 Å². The zero-order valence-corrected chi connectivity index (χ0v) is 21.6. The zero-order valence-electron chi connectivity index (χ0n) is 20.9. The fourth-order valence-corrected chi connectivity index (χ4v) is 5.55. The van der Waals surface area contributed by atoms with Crippen LogP contribution in [0.15, 0.2) is 48.7 Å². The van der Waals surface area contributed by atoms with Gasteiger partial charge in [-0.25, -0.2) is 4.98 Å². The van der Waals surface area contributed by atoms with Gasteiger partial charge in [0.25, 0.3) is 5.91 Å². The lowest BCUT2D eigenvalue weighted by molar-refractivity contribution is -0.134. The van der Waals surface area contributed by atoms with Gasteiger partial charge in [0, 0.05) is 54.3 Å². The van der Waals surface area contributed by atoms with Crippen molar-refractivity contribution in [3.8, 4) is 0 Å². The Morgan fingerprint density at radius 3 is 2.50 bits per heavy atom. The Bertz CT molecular complexity index is 1220. The lowest BCUT2D eigenvalue weighted by Crippen LogP contribution is -2.57. The van der Waals surface area contributed by atoms with Crippen molar-refractivity contribution in [2.45, 2.75) is 31.8 Å². The Morgan fingerprint density at radius 1 is 1.06 bits per heavy atom. The third-order valence-electron chi connectivity index (χ3n) is 7.50. The minimum atomic E-state index is -0.697. The number of piperidine rings is 1. The zero-order chi connectivity index (χ0) is 25.2. The highest BCUT2D eigenvalue weighted by atomic mass is 35.5. The predicted molar refractivity (Wildman–Crippen MR) is 142 cm³/mol. The highest BCUT2D eigenvalue weighted by molar-refractivity contribution is 6.31. The number of hydrogen-bond donors (Lipinski definition) is 1. The van der Waals surface area contributed by atoms with Gasteiger partial charge in [0.1, 0.15) is 17.6 Å². The van der Waals surface area contributed by atoms with Gasteiger partial charge >= 0.3 is 0 Å². The molecule has 36 heavy (non-hydrogen) atoms. The molecule has 5 rings (SSSR count). The Labute approximate surface area is 216 Å². The molecule has 0 radical (unpaired) electrons. The highest BCUT2D eigenvalue weighted by Crippen LogP contribution is 2.24. The summed E-state index contributed by atoms with van der Waals surface area (Å²) in [4.78, 5) is 43.3. The Balaban J connectivity index is 1.33. The van der Waals surface area contributed by atoms with Crippen molar-refractivity contribution in [3.63, 3.8) is 0 Å². The number of amides is 2. The van der Waals surface area contributed by atoms with Gasteiger partial charge < -0.3 is 14.8 Å². The van der Waals surface area contributed by atoms with E-state index in [4.69, 9.17) is 11.6 Å². The van der Waals surface area contributed by atoms with Crippen LogP contribution in [0.1, 0.15) is 30.3 Å². The van der Waals surface area contributed by atoms with Crippen molar-refractivity contribution in [2.24, 2.45) is 0 Å². The quantitative estimate of drug-likeness (QED) is 0.571. The van der Waals surface area contributed by atoms with Crippen molar-refractivity contribution in [1.29, 1.82) is 0 Å². The van der Waals surface area contributed by atoms with Crippen LogP contribution in [0.5, 0.6) is 0 Å². The number of fused-ring (bicyclic) bond motifs is 1. The topological polar surface area (TPSA) is 75.8 Å². The summed E-state index contributed by atoms with van der Waals surface area (Å²) in [7, 11) is 2.17. The molecule has 4 heterocycles. The smallest absolute Gasteiger partial charge is 0.276 e. The normalized spacial score (nSPS) is 18.9. The van der Waals surface area contributed by atoms with Gasteiger partial charge in [-0.15, -0.1) is 0 Å². The number of pyridine rings is 1. The number of anilines is 1. The highest BCUT2D eigenvalue weighted by Gasteiger charge is 2.35. The first kappa shape index (κ1) is 24.7. The molecule has 2 saturated heterocycles. The number of H-pyrrole nitrogens is 1. The molecule has 0 bridgehead atoms. The molecule has 8 nitrogen and oxygen atoms in total. The molecule has 2 aromatic heterocycles. The average molecular weight is 509 g/mol. The van der Waals surface area contributed by atoms with Crippen LogP contribution in [0.4, 0.5) is 5.82 Å². The minimum Gasteiger partial charge on any atom is -0.351 e. The summed E-state index contributed by atoms with van der Waals surface area (Å²) in [6.45, 7) is 7.12. The standard InChI is InChI=1S/C27H33ClN6O2/c1-19(26(35)33-15-13-32(14-16-33)22-8-11-31(2)12-9-22)34(25-5-3-4-10-29-25)27(36)24-18-20-17-21(28)6-7-23(20)30-24/h3-7,10,17-19,22,30H,8-9,11-16H2,1-2H3/t19-/m1/s1. The van der Waals surface area contributed by atoms with Gasteiger partial charge in [0.15, 0.2) is 0 Å². The van der Waals surface area contributed by atoms with Gasteiger partial charge in [-0.05, 0) is 76.3 Å². The van der Waals surface area contributed by atoms with Crippen LogP contribution in [-0.4, -0.2) is 94.9 Å². The lowest BCUT2D eigenvalue weighted by Gasteiger charge is -2.43. The van der Waals surface area contributed by atoms with E-state index in [9.17, 15) is 9.59 Å². The van der Waals surface area contributed by atoms with E-state index in [1.807, 2.05) is 23.1 Å². The van der Waals surface area contributed by atoms with Crippen LogP contribution in [0.25, 0.3) is 10.9 Å². The molecule has 0 spiro atoms. The van der Waals surface area contributed by atoms with Crippen molar-refractivity contribution >= 4 is 40.1 Å². The van der Waals surface area contributed by atoms with Crippen molar-refractivity contribution < 1.29 is 9.59 Å². The number of benzene rings is 1. The van der Waals surface area contributed by atoms with E-state index in [0.29, 0.717) is 35.7 Å². The summed E-state index contributed by atoms with van der Waals surface area (Å²) < 4.78 is 0. The average Bonchev–Trinajstić information content (AvgIpc) is 3.33. The van der Waals surface area contributed by atoms with Crippen molar-refractivity contribution in [2.75, 3.05) is 51.2 Å². The summed E-state index contributed by atoms with van der Waals surface area (Å²) in [5, 5.41) is 1.45. The maximum Gasteiger partial charge on any atom is 0.276 e. The van der Waals surface area contributed by atoms with Gasteiger partial charge in [0.05, 0.1) is 0 Å². The van der Waals surface area contributed by atoms with Crippen LogP contribution in [0.2, 0.25) is 5.02 Å². The molecule has 3 aromatic rings. The van der Waals surface area contributed by atoms with E-state index < -0.39 is 6.04 Å². The van der Waals surface area contributed by atoms with Crippen LogP contribution < -0.4 is 4.90 Å². The molecule has 2 aliphatic heterocycles. The first-order valence-corrected chi connectivity index (χ1v) is 13.0. The molecule has 0 aliphatic carbocycles. The van der Waals surface area contributed by atoms with Gasteiger partial charge in [-0.2, -0.15) is 0 Å². The second-order valence-electron chi connectivity index (χ2n) is 9.85. The monoisotopic (exact) mass is 508 g/mol. The largest absolute Gasteiger partial charge is 0.351 e. The number of aromatic amines is 1. The first-order chi connectivity index (χ1) is 17.4. The lowest BCUT2D eigenvalue weighted by atomic mass is 10.0. The summed E-state index contributed by atoms with van der Waals surface area (Å²) in [5.74, 6) is 0.0908. The molecule has 2 fully saturated rings. The number of aromatic nitrogens is 2. The maximum atomic E-state index is 13.8. The second kappa shape index (κ2) is 10.6. The number of halogens is 1. The SMILES string of the molecule is C[C@H](C(=O)N1CCN(C2CCN(C)CC2)CC1)N(C(=O)c1cc2cc(Cl)ccc2[nH]1)c1ccccn1. The van der Waals surface area contributed by atoms with Crippen molar-refractivity contribution in [1.82, 2.24) is 24.7 Å². The van der Waals surface area contributed by atoms with Crippen LogP contribution in [-0.2, 0) is 4.79 Å². The molecule has 0 saturated carbocycles. The van der Waals surface area contributed by atoms with Gasteiger partial charge in [-0.3, -0.25) is 19.4 Å². The summed E-state index contributed by atoms with van der Waals surface area (Å²) in [5.41, 5.74) is 1.21. The van der Waals surface area contributed by atoms with Crippen LogP contribution >= 0.6 is 11.6 Å². The van der Waals surface area contributed by atoms with Gasteiger partial charge in [-0.1, -0.05) is 17.7 Å². The minimum absolute atomic E-state index is 0.0591. The molecule has 9 heteroatoms. The third kappa shape index (κ3) is 5.12. The number of carbonyl (C=O) groups is 2. The van der Waals surface area contributed by atoms with E-state index in [1.165, 1.54) is 17.7 Å².